The molecule has 23 heavy (non-hydrogen) atoms. The van der Waals surface area contributed by atoms with Crippen LogP contribution in [-0.4, -0.2) is 13.8 Å². The summed E-state index contributed by atoms with van der Waals surface area (Å²) in [5.41, 5.74) is 3.86. The molecule has 0 unspecified atom stereocenters. The Labute approximate surface area is 135 Å². The molecule has 2 aliphatic rings. The van der Waals surface area contributed by atoms with Gasteiger partial charge in [-0.05, 0) is 46.2 Å². The van der Waals surface area contributed by atoms with E-state index in [4.69, 9.17) is 9.47 Å². The molecule has 2 atom stereocenters. The molecule has 3 nitrogen and oxygen atoms in total. The normalized spacial score (nSPS) is 21.7. The first-order valence-electron chi connectivity index (χ1n) is 7.90. The third kappa shape index (κ3) is 1.74. The molecule has 1 fully saturated rings. The van der Waals surface area contributed by atoms with Crippen molar-refractivity contribution in [2.24, 2.45) is 0 Å². The zero-order valence-corrected chi connectivity index (χ0v) is 12.9. The molecule has 5 rings (SSSR count). The number of fused-ring (bicyclic) bond motifs is 3. The summed E-state index contributed by atoms with van der Waals surface area (Å²) in [5.74, 6) is 0.877. The molecule has 1 aliphatic carbocycles. The Morgan fingerprint density at radius 3 is 2.43 bits per heavy atom. The third-order valence-corrected chi connectivity index (χ3v) is 5.01. The van der Waals surface area contributed by atoms with Gasteiger partial charge in [-0.2, -0.15) is 0 Å². The topological polar surface area (TPSA) is 21.7 Å². The predicted octanol–water partition coefficient (Wildman–Crippen LogP) is 4.44. The minimum absolute atomic E-state index is 0.123. The van der Waals surface area contributed by atoms with Crippen LogP contribution in [0.5, 0.6) is 5.75 Å². The number of rotatable bonds is 2. The molecule has 1 heterocycles. The number of hydrogen-bond acceptors (Lipinski definition) is 3. The van der Waals surface area contributed by atoms with Gasteiger partial charge in [0, 0.05) is 5.69 Å². The molecule has 3 aromatic rings. The first kappa shape index (κ1) is 13.0. The van der Waals surface area contributed by atoms with Gasteiger partial charge in [0.25, 0.3) is 0 Å². The number of benzene rings is 3. The zero-order chi connectivity index (χ0) is 15.4. The van der Waals surface area contributed by atoms with Crippen LogP contribution in [0, 0.1) is 0 Å². The number of anilines is 1. The van der Waals surface area contributed by atoms with Gasteiger partial charge in [0.15, 0.2) is 0 Å². The van der Waals surface area contributed by atoms with Crippen LogP contribution in [0.25, 0.3) is 10.8 Å². The van der Waals surface area contributed by atoms with E-state index in [1.807, 2.05) is 12.1 Å². The van der Waals surface area contributed by atoms with Crippen LogP contribution in [0.15, 0.2) is 60.7 Å². The average molecular weight is 303 g/mol. The van der Waals surface area contributed by atoms with E-state index >= 15 is 0 Å². The van der Waals surface area contributed by atoms with Crippen molar-refractivity contribution in [3.63, 3.8) is 0 Å². The quantitative estimate of drug-likeness (QED) is 0.698. The molecule has 0 aromatic heterocycles. The lowest BCUT2D eigenvalue weighted by molar-refractivity contribution is 0.109. The van der Waals surface area contributed by atoms with Gasteiger partial charge in [-0.3, -0.25) is 0 Å². The van der Waals surface area contributed by atoms with Crippen molar-refractivity contribution in [1.82, 2.24) is 0 Å². The molecule has 1 aliphatic heterocycles. The maximum Gasteiger partial charge on any atom is 0.120 e. The lowest BCUT2D eigenvalue weighted by Crippen LogP contribution is -2.22. The first-order valence-corrected chi connectivity index (χ1v) is 7.90. The molecule has 114 valence electrons. The van der Waals surface area contributed by atoms with Crippen LogP contribution in [0.4, 0.5) is 5.69 Å². The Kier molecular flexibility index (Phi) is 2.67. The molecular weight excluding hydrogens is 286 g/mol. The number of ether oxygens (including phenoxy) is 2. The summed E-state index contributed by atoms with van der Waals surface area (Å²) in [6.07, 6.45) is 0.123. The Bertz CT molecular complexity index is 883. The second kappa shape index (κ2) is 4.74. The van der Waals surface area contributed by atoms with E-state index in [-0.39, 0.29) is 12.1 Å². The summed E-state index contributed by atoms with van der Waals surface area (Å²) in [6, 6.07) is 21.6. The van der Waals surface area contributed by atoms with Gasteiger partial charge in [0.2, 0.25) is 0 Å². The van der Waals surface area contributed by atoms with Crippen molar-refractivity contribution in [3.05, 3.63) is 71.8 Å². The molecule has 0 amide bonds. The van der Waals surface area contributed by atoms with E-state index in [0.29, 0.717) is 6.73 Å². The van der Waals surface area contributed by atoms with Crippen molar-refractivity contribution >= 4 is 16.5 Å². The summed E-state index contributed by atoms with van der Waals surface area (Å²) >= 11 is 0. The van der Waals surface area contributed by atoms with E-state index in [1.54, 1.807) is 7.11 Å². The molecule has 0 saturated carbocycles. The Morgan fingerprint density at radius 1 is 0.957 bits per heavy atom. The summed E-state index contributed by atoms with van der Waals surface area (Å²) < 4.78 is 11.4. The van der Waals surface area contributed by atoms with Gasteiger partial charge >= 0.3 is 0 Å². The van der Waals surface area contributed by atoms with Crippen molar-refractivity contribution < 1.29 is 9.47 Å². The van der Waals surface area contributed by atoms with E-state index in [9.17, 15) is 0 Å². The molecule has 0 N–H and O–H groups in total. The SMILES string of the molecule is COc1ccc(N2CO[C@@H]3c4cccc5cccc(c45)[C@@H]32)cc1. The van der Waals surface area contributed by atoms with E-state index in [1.165, 1.54) is 27.6 Å². The second-order valence-electron chi connectivity index (χ2n) is 6.12. The van der Waals surface area contributed by atoms with Gasteiger partial charge in [-0.1, -0.05) is 36.4 Å². The number of hydrogen-bond donors (Lipinski definition) is 0. The third-order valence-electron chi connectivity index (χ3n) is 5.01. The highest BCUT2D eigenvalue weighted by Crippen LogP contribution is 2.53. The van der Waals surface area contributed by atoms with E-state index in [0.717, 1.165) is 5.75 Å². The number of nitrogens with zero attached hydrogens (tertiary/aromatic N) is 1. The lowest BCUT2D eigenvalue weighted by Gasteiger charge is -2.25. The highest BCUT2D eigenvalue weighted by Gasteiger charge is 2.43. The smallest absolute Gasteiger partial charge is 0.120 e. The fraction of sp³-hybridized carbons (Fsp3) is 0.200. The maximum atomic E-state index is 6.17. The summed E-state index contributed by atoms with van der Waals surface area (Å²) in [7, 11) is 1.69. The Hall–Kier alpha value is -2.52. The van der Waals surface area contributed by atoms with Crippen molar-refractivity contribution in [1.29, 1.82) is 0 Å². The standard InChI is InChI=1S/C20H17NO2/c1-22-15-10-8-14(9-11-15)21-12-23-20-17-7-3-5-13-4-2-6-16(18(13)17)19(20)21/h2-11,19-20H,12H2,1H3/t19-,20+/m0/s1. The van der Waals surface area contributed by atoms with Crippen LogP contribution >= 0.6 is 0 Å². The van der Waals surface area contributed by atoms with E-state index in [2.05, 4.69) is 53.4 Å². The molecule has 3 heteroatoms. The van der Waals surface area contributed by atoms with Crippen LogP contribution in [-0.2, 0) is 4.74 Å². The van der Waals surface area contributed by atoms with Gasteiger partial charge in [-0.25, -0.2) is 0 Å². The number of methoxy groups -OCH3 is 1. The Morgan fingerprint density at radius 2 is 1.70 bits per heavy atom. The van der Waals surface area contributed by atoms with Crippen molar-refractivity contribution in [3.8, 4) is 5.75 Å². The lowest BCUT2D eigenvalue weighted by atomic mass is 10.0. The summed E-state index contributed by atoms with van der Waals surface area (Å²) in [6.45, 7) is 0.617. The van der Waals surface area contributed by atoms with Gasteiger partial charge in [0.05, 0.1) is 13.2 Å². The van der Waals surface area contributed by atoms with Crippen molar-refractivity contribution in [2.45, 2.75) is 12.1 Å². The zero-order valence-electron chi connectivity index (χ0n) is 12.9. The highest BCUT2D eigenvalue weighted by molar-refractivity contribution is 5.92. The molecular formula is C20H17NO2. The molecule has 0 radical (unpaired) electrons. The fourth-order valence-electron chi connectivity index (χ4n) is 3.98. The molecule has 3 aromatic carbocycles. The maximum absolute atomic E-state index is 6.17. The first-order chi connectivity index (χ1) is 11.4. The molecule has 0 spiro atoms. The largest absolute Gasteiger partial charge is 0.497 e. The van der Waals surface area contributed by atoms with Crippen molar-refractivity contribution in [2.75, 3.05) is 18.7 Å². The molecule has 0 bridgehead atoms. The van der Waals surface area contributed by atoms with Crippen LogP contribution in [0.3, 0.4) is 0 Å². The molecule has 1 saturated heterocycles. The van der Waals surface area contributed by atoms with Crippen LogP contribution < -0.4 is 9.64 Å². The second-order valence-corrected chi connectivity index (χ2v) is 6.12. The Balaban J connectivity index is 1.63. The predicted molar refractivity (Wildman–Crippen MR) is 90.9 cm³/mol. The highest BCUT2D eigenvalue weighted by atomic mass is 16.5. The average Bonchev–Trinajstić information content (AvgIpc) is 3.17. The van der Waals surface area contributed by atoms with Gasteiger partial charge < -0.3 is 14.4 Å². The minimum Gasteiger partial charge on any atom is -0.497 e. The van der Waals surface area contributed by atoms with Crippen LogP contribution in [0.1, 0.15) is 23.3 Å². The van der Waals surface area contributed by atoms with Gasteiger partial charge in [-0.15, -0.1) is 0 Å². The summed E-state index contributed by atoms with van der Waals surface area (Å²) in [5, 5.41) is 2.66. The van der Waals surface area contributed by atoms with Gasteiger partial charge in [0.1, 0.15) is 18.6 Å². The van der Waals surface area contributed by atoms with Crippen LogP contribution in [0.2, 0.25) is 0 Å². The minimum atomic E-state index is 0.123. The fourth-order valence-corrected chi connectivity index (χ4v) is 3.98. The van der Waals surface area contributed by atoms with E-state index < -0.39 is 0 Å². The monoisotopic (exact) mass is 303 g/mol. The summed E-state index contributed by atoms with van der Waals surface area (Å²) in [4.78, 5) is 2.35.